The van der Waals surface area contributed by atoms with Gasteiger partial charge in [-0.1, -0.05) is 51.0 Å². The van der Waals surface area contributed by atoms with Crippen molar-refractivity contribution >= 4 is 11.9 Å². The van der Waals surface area contributed by atoms with Gasteiger partial charge in [0.1, 0.15) is 0 Å². The molecule has 2 aliphatic rings. The van der Waals surface area contributed by atoms with Gasteiger partial charge in [0.2, 0.25) is 0 Å². The fraction of sp³-hybridized carbons (Fsp3) is 0.267. The Labute approximate surface area is 242 Å². The van der Waals surface area contributed by atoms with Gasteiger partial charge in [0.05, 0.1) is 0 Å². The third-order valence-corrected chi connectivity index (χ3v) is 4.57. The number of allylic oxidation sites excluding steroid dienone is 8. The Bertz CT molecular complexity index is 1090. The molecule has 0 amide bonds. The molecule has 4 rings (SSSR count). The van der Waals surface area contributed by atoms with Crippen molar-refractivity contribution in [3.05, 3.63) is 107 Å². The maximum atomic E-state index is 12.9. The van der Waals surface area contributed by atoms with Crippen molar-refractivity contribution in [3.63, 3.8) is 0 Å². The van der Waals surface area contributed by atoms with Crippen molar-refractivity contribution in [3.8, 4) is 11.5 Å². The standard InChI is InChI=1S/2C10H9F2O2.2C5H5.Ti/c2*1-3-10(13)14-9-5-7(11)4-8(12)6(9)2;2*1-2-4-5-3-1;/h2*5H,3H2,1-2H3;2*1-3H,4H2;/q4*-1;+4. The molecule has 2 aliphatic carbocycles. The van der Waals surface area contributed by atoms with Crippen molar-refractivity contribution in [2.45, 2.75) is 53.4 Å². The molecule has 0 aliphatic heterocycles. The van der Waals surface area contributed by atoms with Crippen LogP contribution in [0.2, 0.25) is 0 Å². The zero-order valence-electron chi connectivity index (χ0n) is 22.1. The summed E-state index contributed by atoms with van der Waals surface area (Å²) in [5, 5.41) is 0. The Morgan fingerprint density at radius 3 is 1.33 bits per heavy atom. The fourth-order valence-electron chi connectivity index (χ4n) is 2.41. The minimum atomic E-state index is -0.882. The van der Waals surface area contributed by atoms with Gasteiger partial charge < -0.3 is 9.47 Å². The molecule has 0 unspecified atom stereocenters. The van der Waals surface area contributed by atoms with Gasteiger partial charge in [0, 0.05) is 47.6 Å². The van der Waals surface area contributed by atoms with Crippen LogP contribution in [0.4, 0.5) is 17.6 Å². The van der Waals surface area contributed by atoms with E-state index in [9.17, 15) is 27.2 Å². The van der Waals surface area contributed by atoms with Gasteiger partial charge in [-0.25, -0.2) is 41.9 Å². The van der Waals surface area contributed by atoms with Gasteiger partial charge in [-0.3, -0.25) is 21.7 Å². The average Bonchev–Trinajstić information content (AvgIpc) is 3.65. The van der Waals surface area contributed by atoms with Crippen LogP contribution >= 0.6 is 0 Å². The first-order valence-electron chi connectivity index (χ1n) is 11.7. The second-order valence-corrected chi connectivity index (χ2v) is 7.50. The summed E-state index contributed by atoms with van der Waals surface area (Å²) in [4.78, 5) is 21.8. The van der Waals surface area contributed by atoms with Gasteiger partial charge in [-0.15, -0.1) is 25.0 Å². The molecule has 39 heavy (non-hydrogen) atoms. The number of hydrogen-bond donors (Lipinski definition) is 0. The molecule has 9 heteroatoms. The van der Waals surface area contributed by atoms with E-state index in [1.807, 2.05) is 36.4 Å². The topological polar surface area (TPSA) is 52.6 Å². The number of ether oxygens (including phenoxy) is 2. The van der Waals surface area contributed by atoms with Gasteiger partial charge in [-0.05, 0) is 0 Å². The van der Waals surface area contributed by atoms with Crippen molar-refractivity contribution in [2.75, 3.05) is 0 Å². The second-order valence-electron chi connectivity index (χ2n) is 7.50. The maximum Gasteiger partial charge on any atom is 4.00 e. The molecule has 0 radical (unpaired) electrons. The summed E-state index contributed by atoms with van der Waals surface area (Å²) in [6.07, 6.45) is 20.3. The first-order valence-corrected chi connectivity index (χ1v) is 11.7. The fourth-order valence-corrected chi connectivity index (χ4v) is 2.41. The number of rotatable bonds is 4. The maximum absolute atomic E-state index is 12.9. The first-order chi connectivity index (χ1) is 18.1. The zero-order chi connectivity index (χ0) is 28.5. The summed E-state index contributed by atoms with van der Waals surface area (Å²) in [6.45, 7) is 5.98. The average molecular weight is 576 g/mol. The number of carbonyl (C=O) groups excluding carboxylic acids is 2. The van der Waals surface area contributed by atoms with Gasteiger partial charge in [-0.2, -0.15) is 12.2 Å². The molecular formula is C30H28F4O4Ti. The van der Waals surface area contributed by atoms with E-state index >= 15 is 0 Å². The normalized spacial score (nSPS) is 11.7. The van der Waals surface area contributed by atoms with Crippen LogP contribution in [0, 0.1) is 61.4 Å². The number of benzene rings is 2. The predicted molar refractivity (Wildman–Crippen MR) is 135 cm³/mol. The second kappa shape index (κ2) is 19.8. The van der Waals surface area contributed by atoms with Crippen LogP contribution < -0.4 is 9.47 Å². The van der Waals surface area contributed by atoms with Crippen LogP contribution in [0.3, 0.4) is 0 Å². The summed E-state index contributed by atoms with van der Waals surface area (Å²) >= 11 is 0. The number of carbonyl (C=O) groups is 2. The van der Waals surface area contributed by atoms with Crippen LogP contribution in [0.1, 0.15) is 50.7 Å². The van der Waals surface area contributed by atoms with Crippen LogP contribution in [0.25, 0.3) is 0 Å². The Morgan fingerprint density at radius 1 is 0.744 bits per heavy atom. The van der Waals surface area contributed by atoms with E-state index in [0.29, 0.717) is 0 Å². The van der Waals surface area contributed by atoms with Crippen LogP contribution in [0.15, 0.2) is 48.6 Å². The third kappa shape index (κ3) is 14.5. The Hall–Kier alpha value is -3.23. The molecule has 0 atom stereocenters. The van der Waals surface area contributed by atoms with E-state index in [1.165, 1.54) is 13.8 Å². The molecule has 2 aromatic rings. The van der Waals surface area contributed by atoms with Gasteiger partial charge in [0.15, 0.2) is 0 Å². The molecule has 0 heterocycles. The molecule has 0 saturated heterocycles. The van der Waals surface area contributed by atoms with Crippen molar-refractivity contribution < 1.29 is 58.3 Å². The number of hydrogen-bond acceptors (Lipinski definition) is 4. The van der Waals surface area contributed by atoms with Gasteiger partial charge in [0.25, 0.3) is 0 Å². The van der Waals surface area contributed by atoms with Crippen molar-refractivity contribution in [2.24, 2.45) is 0 Å². The molecule has 0 aromatic heterocycles. The zero-order valence-corrected chi connectivity index (χ0v) is 23.7. The molecule has 0 N–H and O–H groups in total. The van der Waals surface area contributed by atoms with Crippen LogP contribution in [0.5, 0.6) is 11.5 Å². The molecule has 0 bridgehead atoms. The summed E-state index contributed by atoms with van der Waals surface area (Å²) in [6, 6.07) is 5.56. The van der Waals surface area contributed by atoms with Crippen molar-refractivity contribution in [1.82, 2.24) is 0 Å². The van der Waals surface area contributed by atoms with E-state index in [0.717, 1.165) is 25.0 Å². The van der Waals surface area contributed by atoms with E-state index in [1.54, 1.807) is 13.8 Å². The minimum absolute atomic E-state index is 0. The molecule has 0 spiro atoms. The first kappa shape index (κ1) is 35.8. The predicted octanol–water partition coefficient (Wildman–Crippen LogP) is 7.39. The van der Waals surface area contributed by atoms with E-state index < -0.39 is 35.2 Å². The van der Waals surface area contributed by atoms with E-state index in [4.69, 9.17) is 9.47 Å². The summed E-state index contributed by atoms with van der Waals surface area (Å²) in [7, 11) is 0. The van der Waals surface area contributed by atoms with Crippen LogP contribution in [-0.4, -0.2) is 11.9 Å². The van der Waals surface area contributed by atoms with Crippen molar-refractivity contribution in [1.29, 1.82) is 0 Å². The molecular weight excluding hydrogens is 548 g/mol. The Morgan fingerprint density at radius 2 is 1.10 bits per heavy atom. The molecule has 2 aromatic carbocycles. The monoisotopic (exact) mass is 576 g/mol. The molecule has 0 saturated carbocycles. The van der Waals surface area contributed by atoms with E-state index in [-0.39, 0.29) is 57.2 Å². The molecule has 204 valence electrons. The number of halogens is 4. The SMILES string of the molecule is CCC(=O)Oc1cc(F)[c-]c(F)c1C.CCC(=O)Oc1cc(F)[c-]c(F)c1C.[C-]1=CC=CC1.[C-]1=CC=CC1.[Ti+4]. The number of esters is 2. The van der Waals surface area contributed by atoms with Gasteiger partial charge >= 0.3 is 33.7 Å². The summed E-state index contributed by atoms with van der Waals surface area (Å²) in [5.74, 6) is -4.70. The Kier molecular flexibility index (Phi) is 18.2. The molecule has 4 nitrogen and oxygen atoms in total. The van der Waals surface area contributed by atoms with Crippen LogP contribution in [-0.2, 0) is 31.3 Å². The largest absolute Gasteiger partial charge is 4.00 e. The molecule has 0 fully saturated rings. The minimum Gasteiger partial charge on any atom is -0.453 e. The Balaban J connectivity index is 0.000000537. The third-order valence-electron chi connectivity index (χ3n) is 4.57. The van der Waals surface area contributed by atoms with E-state index in [2.05, 4.69) is 24.3 Å². The smallest absolute Gasteiger partial charge is 0.453 e. The quantitative estimate of drug-likeness (QED) is 0.125. The summed E-state index contributed by atoms with van der Waals surface area (Å²) < 4.78 is 60.6. The summed E-state index contributed by atoms with van der Waals surface area (Å²) in [5.41, 5.74) is 0.154.